The Labute approximate surface area is 143 Å². The van der Waals surface area contributed by atoms with Gasteiger partial charge in [-0.25, -0.2) is 5.43 Å². The lowest BCUT2D eigenvalue weighted by atomic mass is 10.1. The number of aromatic hydroxyl groups is 1. The van der Waals surface area contributed by atoms with E-state index in [2.05, 4.69) is 10.5 Å². The number of amides is 1. The monoisotopic (exact) mass is 361 g/mol. The summed E-state index contributed by atoms with van der Waals surface area (Å²) in [5, 5.41) is 14.7. The minimum absolute atomic E-state index is 0.0460. The van der Waals surface area contributed by atoms with Crippen LogP contribution in [0, 0.1) is 0 Å². The minimum atomic E-state index is -4.19. The summed E-state index contributed by atoms with van der Waals surface area (Å²) in [6, 6.07) is 12.7. The number of furan rings is 1. The van der Waals surface area contributed by atoms with Crippen LogP contribution in [0.5, 0.6) is 5.75 Å². The van der Waals surface area contributed by atoms with Gasteiger partial charge in [0.15, 0.2) is 5.09 Å². The molecule has 0 saturated carbocycles. The number of benzene rings is 2. The molecule has 25 heavy (non-hydrogen) atoms. The highest BCUT2D eigenvalue weighted by atomic mass is 32.3. The van der Waals surface area contributed by atoms with E-state index in [4.69, 9.17) is 13.5 Å². The van der Waals surface area contributed by atoms with Gasteiger partial charge in [-0.2, -0.15) is 5.10 Å². The van der Waals surface area contributed by atoms with Crippen molar-refractivity contribution in [3.63, 3.8) is 0 Å². The summed E-state index contributed by atoms with van der Waals surface area (Å²) >= 11 is 0. The zero-order chi connectivity index (χ0) is 18.0. The SMILES string of the molecule is O=C(NN=Cc1ccc(S([O-])(O)O)o1)c1cc2ccccc2cc1O. The van der Waals surface area contributed by atoms with Gasteiger partial charge in [0.2, 0.25) is 0 Å². The van der Waals surface area contributed by atoms with Crippen molar-refractivity contribution in [2.75, 3.05) is 0 Å². The van der Waals surface area contributed by atoms with E-state index in [1.807, 2.05) is 18.2 Å². The molecular formula is C16H13N2O6S-. The number of fused-ring (bicyclic) bond motifs is 1. The van der Waals surface area contributed by atoms with Crippen LogP contribution >= 0.6 is 10.9 Å². The van der Waals surface area contributed by atoms with E-state index >= 15 is 0 Å². The molecule has 4 N–H and O–H groups in total. The summed E-state index contributed by atoms with van der Waals surface area (Å²) in [5.74, 6) is -0.778. The van der Waals surface area contributed by atoms with Crippen molar-refractivity contribution >= 4 is 33.8 Å². The third-order valence-corrected chi connectivity index (χ3v) is 4.07. The van der Waals surface area contributed by atoms with E-state index in [1.54, 1.807) is 6.07 Å². The molecule has 0 radical (unpaired) electrons. The number of nitrogens with zero attached hydrogens (tertiary/aromatic N) is 1. The summed E-state index contributed by atoms with van der Waals surface area (Å²) in [5.41, 5.74) is 2.26. The third kappa shape index (κ3) is 3.80. The molecule has 0 atom stereocenters. The number of hydrazone groups is 1. The van der Waals surface area contributed by atoms with Crippen molar-refractivity contribution in [1.82, 2.24) is 5.43 Å². The highest BCUT2D eigenvalue weighted by molar-refractivity contribution is 8.19. The highest BCUT2D eigenvalue weighted by Gasteiger charge is 2.13. The highest BCUT2D eigenvalue weighted by Crippen LogP contribution is 2.43. The molecule has 0 aliphatic heterocycles. The minimum Gasteiger partial charge on any atom is -0.767 e. The van der Waals surface area contributed by atoms with Crippen molar-refractivity contribution in [3.05, 3.63) is 59.9 Å². The van der Waals surface area contributed by atoms with Gasteiger partial charge in [-0.3, -0.25) is 4.79 Å². The normalized spacial score (nSPS) is 12.6. The van der Waals surface area contributed by atoms with E-state index in [0.29, 0.717) is 0 Å². The van der Waals surface area contributed by atoms with Gasteiger partial charge in [-0.1, -0.05) is 24.3 Å². The number of hydrogen-bond donors (Lipinski definition) is 4. The number of rotatable bonds is 4. The number of carbonyl (C=O) groups is 1. The maximum atomic E-state index is 12.1. The Morgan fingerprint density at radius 1 is 1.16 bits per heavy atom. The third-order valence-electron chi connectivity index (χ3n) is 3.33. The second-order valence-corrected chi connectivity index (χ2v) is 6.46. The van der Waals surface area contributed by atoms with Crippen LogP contribution in [0.2, 0.25) is 0 Å². The molecule has 2 aromatic carbocycles. The van der Waals surface area contributed by atoms with Gasteiger partial charge in [0, 0.05) is 0 Å². The molecule has 1 amide bonds. The molecule has 1 aromatic heterocycles. The zero-order valence-corrected chi connectivity index (χ0v) is 13.4. The summed E-state index contributed by atoms with van der Waals surface area (Å²) < 4.78 is 33.7. The van der Waals surface area contributed by atoms with Crippen molar-refractivity contribution in [2.45, 2.75) is 5.09 Å². The van der Waals surface area contributed by atoms with Gasteiger partial charge >= 0.3 is 0 Å². The van der Waals surface area contributed by atoms with Crippen molar-refractivity contribution in [2.24, 2.45) is 5.10 Å². The van der Waals surface area contributed by atoms with Crippen LogP contribution in [-0.2, 0) is 0 Å². The first-order valence-corrected chi connectivity index (χ1v) is 8.46. The smallest absolute Gasteiger partial charge is 0.275 e. The predicted molar refractivity (Wildman–Crippen MR) is 91.3 cm³/mol. The van der Waals surface area contributed by atoms with Gasteiger partial charge < -0.3 is 23.2 Å². The molecular weight excluding hydrogens is 348 g/mol. The number of phenolic OH excluding ortho intramolecular Hbond substituents is 1. The molecule has 0 aliphatic carbocycles. The predicted octanol–water partition coefficient (Wildman–Crippen LogP) is 3.14. The molecule has 0 bridgehead atoms. The van der Waals surface area contributed by atoms with Crippen molar-refractivity contribution in [1.29, 1.82) is 0 Å². The molecule has 3 rings (SSSR count). The maximum Gasteiger partial charge on any atom is 0.275 e. The molecule has 0 aliphatic rings. The topological polar surface area (TPSA) is 138 Å². The lowest BCUT2D eigenvalue weighted by molar-refractivity contribution is 0.0952. The summed E-state index contributed by atoms with van der Waals surface area (Å²) in [4.78, 5) is 12.1. The average molecular weight is 361 g/mol. The van der Waals surface area contributed by atoms with E-state index < -0.39 is 21.9 Å². The van der Waals surface area contributed by atoms with E-state index in [0.717, 1.165) is 23.1 Å². The second kappa shape index (κ2) is 6.57. The molecule has 1 heterocycles. The van der Waals surface area contributed by atoms with Crippen molar-refractivity contribution in [3.8, 4) is 5.75 Å². The van der Waals surface area contributed by atoms with Crippen LogP contribution < -0.4 is 5.43 Å². The Bertz CT molecular complexity index is 961. The fourth-order valence-corrected chi connectivity index (χ4v) is 2.62. The van der Waals surface area contributed by atoms with Crippen LogP contribution in [0.1, 0.15) is 16.1 Å². The molecule has 0 saturated heterocycles. The number of carbonyl (C=O) groups excluding carboxylic acids is 1. The van der Waals surface area contributed by atoms with Crippen LogP contribution in [0.15, 0.2) is 63.1 Å². The molecule has 8 nitrogen and oxygen atoms in total. The van der Waals surface area contributed by atoms with Crippen molar-refractivity contribution < 1.29 is 28.0 Å². The largest absolute Gasteiger partial charge is 0.767 e. The summed E-state index contributed by atoms with van der Waals surface area (Å²) in [6.45, 7) is 0. The first-order chi connectivity index (χ1) is 11.8. The number of nitrogens with one attached hydrogen (secondary N) is 1. The van der Waals surface area contributed by atoms with Crippen LogP contribution in [0.3, 0.4) is 0 Å². The van der Waals surface area contributed by atoms with Crippen LogP contribution in [0.4, 0.5) is 0 Å². The van der Waals surface area contributed by atoms with E-state index in [1.165, 1.54) is 18.2 Å². The second-order valence-electron chi connectivity index (χ2n) is 5.07. The molecule has 0 unspecified atom stereocenters. The Morgan fingerprint density at radius 2 is 1.84 bits per heavy atom. The molecule has 9 heteroatoms. The quantitative estimate of drug-likeness (QED) is 0.416. The Hall–Kier alpha value is -2.85. The van der Waals surface area contributed by atoms with E-state index in [-0.39, 0.29) is 17.1 Å². The Morgan fingerprint density at radius 3 is 2.48 bits per heavy atom. The van der Waals surface area contributed by atoms with Gasteiger partial charge in [-0.15, -0.1) is 0 Å². The maximum absolute atomic E-state index is 12.1. The number of hydrogen-bond acceptors (Lipinski definition) is 7. The first-order valence-electron chi connectivity index (χ1n) is 6.99. The molecule has 0 fully saturated rings. The Kier molecular flexibility index (Phi) is 4.47. The lowest BCUT2D eigenvalue weighted by Gasteiger charge is -2.29. The fraction of sp³-hybridized carbons (Fsp3) is 0. The van der Waals surface area contributed by atoms with Gasteiger partial charge in [0.05, 0.1) is 11.8 Å². The van der Waals surface area contributed by atoms with Gasteiger partial charge in [0.1, 0.15) is 11.5 Å². The average Bonchev–Trinajstić information content (AvgIpc) is 3.03. The molecule has 0 spiro atoms. The first kappa shape index (κ1) is 17.0. The fourth-order valence-electron chi connectivity index (χ4n) is 2.17. The standard InChI is InChI=1S/C16H14N2O6S/c19-14-8-11-4-2-1-3-10(11)7-13(14)16(20)18-17-9-12-5-6-15(24-12)25(21,22)23/h1-9,19,21-23H,(H,18,20)/p-1. The van der Waals surface area contributed by atoms with Crippen LogP contribution in [0.25, 0.3) is 10.8 Å². The molecule has 3 aromatic rings. The van der Waals surface area contributed by atoms with Crippen LogP contribution in [-0.4, -0.2) is 30.9 Å². The van der Waals surface area contributed by atoms with Gasteiger partial charge in [-0.05, 0) is 45.9 Å². The van der Waals surface area contributed by atoms with E-state index in [9.17, 15) is 14.5 Å². The van der Waals surface area contributed by atoms with Gasteiger partial charge in [0.25, 0.3) is 5.91 Å². The Balaban J connectivity index is 1.74. The zero-order valence-electron chi connectivity index (χ0n) is 12.6. The lowest BCUT2D eigenvalue weighted by Crippen LogP contribution is -2.17. The summed E-state index contributed by atoms with van der Waals surface area (Å²) in [6.07, 6.45) is 1.09. The number of phenols is 1. The summed E-state index contributed by atoms with van der Waals surface area (Å²) in [7, 11) is -4.19. The molecule has 130 valence electrons.